The molecule has 1 N–H and O–H groups in total. The maximum Gasteiger partial charge on any atom is 0.319 e. The molecular weight excluding hydrogens is 446 g/mol. The molecule has 3 aliphatic heterocycles. The zero-order valence-electron chi connectivity index (χ0n) is 20.9. The molecule has 4 heterocycles. The number of hydrogen-bond acceptors (Lipinski definition) is 6. The third kappa shape index (κ3) is 3.98. The van der Waals surface area contributed by atoms with Crippen LogP contribution in [-0.4, -0.2) is 66.3 Å². The summed E-state index contributed by atoms with van der Waals surface area (Å²) in [7, 11) is 2.18. The third-order valence-electron chi connectivity index (χ3n) is 8.35. The molecule has 36 heavy (non-hydrogen) atoms. The number of benzene rings is 3. The van der Waals surface area contributed by atoms with E-state index >= 15 is 0 Å². The van der Waals surface area contributed by atoms with Gasteiger partial charge in [-0.25, -0.2) is 0 Å². The van der Waals surface area contributed by atoms with E-state index in [0.29, 0.717) is 30.7 Å². The number of ether oxygens (including phenoxy) is 1. The average molecular weight is 482 g/mol. The molecule has 2 unspecified atom stereocenters. The molecule has 3 saturated heterocycles. The van der Waals surface area contributed by atoms with Crippen LogP contribution in [0.2, 0.25) is 0 Å². The predicted octanol–water partition coefficient (Wildman–Crippen LogP) is 5.11. The van der Waals surface area contributed by atoms with Gasteiger partial charge in [0, 0.05) is 38.0 Å². The lowest BCUT2D eigenvalue weighted by Crippen LogP contribution is -2.51. The summed E-state index contributed by atoms with van der Waals surface area (Å²) >= 11 is 0. The second-order valence-electron chi connectivity index (χ2n) is 10.7. The monoisotopic (exact) mass is 481 g/mol. The molecule has 2 bridgehead atoms. The van der Waals surface area contributed by atoms with Gasteiger partial charge in [-0.05, 0) is 73.3 Å². The van der Waals surface area contributed by atoms with E-state index in [9.17, 15) is 0 Å². The Balaban J connectivity index is 0.00000252. The molecular formula is C30H35N5O. The molecule has 0 amide bonds. The number of anilines is 1. The van der Waals surface area contributed by atoms with Crippen molar-refractivity contribution in [2.45, 2.75) is 43.8 Å². The first-order valence-electron chi connectivity index (χ1n) is 13.4. The Morgan fingerprint density at radius 2 is 1.78 bits per heavy atom. The molecule has 186 valence electrons. The van der Waals surface area contributed by atoms with Gasteiger partial charge in [-0.2, -0.15) is 9.97 Å². The van der Waals surface area contributed by atoms with Crippen molar-refractivity contribution in [3.63, 3.8) is 0 Å². The van der Waals surface area contributed by atoms with E-state index in [-0.39, 0.29) is 1.43 Å². The Hall–Kier alpha value is -3.22. The fraction of sp³-hybridized carbons (Fsp3) is 0.400. The van der Waals surface area contributed by atoms with Gasteiger partial charge in [-0.1, -0.05) is 48.5 Å². The van der Waals surface area contributed by atoms with Crippen LogP contribution in [0.1, 0.15) is 27.1 Å². The van der Waals surface area contributed by atoms with Gasteiger partial charge >= 0.3 is 6.01 Å². The van der Waals surface area contributed by atoms with Gasteiger partial charge in [-0.3, -0.25) is 0 Å². The fourth-order valence-electron chi connectivity index (χ4n) is 6.37. The van der Waals surface area contributed by atoms with Crippen LogP contribution in [0.25, 0.3) is 32.8 Å². The molecule has 3 aromatic carbocycles. The van der Waals surface area contributed by atoms with Crippen LogP contribution >= 0.6 is 0 Å². The number of hydrogen-bond donors (Lipinski definition) is 1. The van der Waals surface area contributed by atoms with E-state index in [4.69, 9.17) is 14.7 Å². The van der Waals surface area contributed by atoms with Gasteiger partial charge < -0.3 is 19.9 Å². The summed E-state index contributed by atoms with van der Waals surface area (Å²) in [6, 6.07) is 23.7. The van der Waals surface area contributed by atoms with E-state index < -0.39 is 0 Å². The van der Waals surface area contributed by atoms with Gasteiger partial charge in [0.1, 0.15) is 12.4 Å². The number of likely N-dealkylation sites (N-methyl/N-ethyl adjacent to an activating group) is 1. The van der Waals surface area contributed by atoms with Gasteiger partial charge in [-0.15, -0.1) is 0 Å². The van der Waals surface area contributed by atoms with Crippen molar-refractivity contribution in [3.8, 4) is 17.1 Å². The summed E-state index contributed by atoms with van der Waals surface area (Å²) in [5.41, 5.74) is 3.35. The van der Waals surface area contributed by atoms with Crippen LogP contribution in [0.5, 0.6) is 6.01 Å². The molecule has 0 spiro atoms. The normalized spacial score (nSPS) is 24.1. The number of fused-ring (bicyclic) bond motifs is 4. The lowest BCUT2D eigenvalue weighted by atomic mass is 9.97. The van der Waals surface area contributed by atoms with Crippen LogP contribution < -0.4 is 15.0 Å². The first-order chi connectivity index (χ1) is 17.7. The second kappa shape index (κ2) is 9.02. The molecule has 6 nitrogen and oxygen atoms in total. The Kier molecular flexibility index (Phi) is 5.51. The first-order valence-corrected chi connectivity index (χ1v) is 13.4. The number of aromatic nitrogens is 2. The molecule has 0 aliphatic carbocycles. The van der Waals surface area contributed by atoms with Gasteiger partial charge in [0.25, 0.3) is 0 Å². The number of piperazine rings is 1. The molecule has 0 radical (unpaired) electrons. The van der Waals surface area contributed by atoms with Crippen molar-refractivity contribution in [3.05, 3.63) is 60.7 Å². The second-order valence-corrected chi connectivity index (χ2v) is 10.7. The zero-order chi connectivity index (χ0) is 24.1. The van der Waals surface area contributed by atoms with Crippen LogP contribution in [-0.2, 0) is 0 Å². The van der Waals surface area contributed by atoms with E-state index in [0.717, 1.165) is 36.4 Å². The smallest absolute Gasteiger partial charge is 0.319 e. The molecule has 4 aromatic rings. The molecule has 0 saturated carbocycles. The Labute approximate surface area is 213 Å². The molecule has 6 heteroatoms. The highest BCUT2D eigenvalue weighted by atomic mass is 16.5. The number of nitrogens with one attached hydrogen (secondary N) is 1. The van der Waals surface area contributed by atoms with E-state index in [2.05, 4.69) is 82.8 Å². The minimum Gasteiger partial charge on any atom is -0.462 e. The Bertz CT molecular complexity index is 1410. The average Bonchev–Trinajstić information content (AvgIpc) is 3.49. The third-order valence-corrected chi connectivity index (χ3v) is 8.35. The number of rotatable bonds is 5. The van der Waals surface area contributed by atoms with Crippen molar-refractivity contribution in [2.24, 2.45) is 0 Å². The Morgan fingerprint density at radius 3 is 2.61 bits per heavy atom. The SMILES string of the molecule is CN1CCC[C@H]1COc1nc(N2CC3CCC(C2)N3)c2ccc(-c3cccc4ccccc34)cc2n1.[HH]. The largest absolute Gasteiger partial charge is 0.462 e. The number of nitrogens with zero attached hydrogens (tertiary/aromatic N) is 4. The zero-order valence-corrected chi connectivity index (χ0v) is 20.9. The Morgan fingerprint density at radius 1 is 0.944 bits per heavy atom. The van der Waals surface area contributed by atoms with Crippen molar-refractivity contribution in [1.82, 2.24) is 20.2 Å². The van der Waals surface area contributed by atoms with Crippen molar-refractivity contribution in [1.29, 1.82) is 0 Å². The molecule has 7 rings (SSSR count). The summed E-state index contributed by atoms with van der Waals surface area (Å²) in [5, 5.41) is 7.35. The summed E-state index contributed by atoms with van der Waals surface area (Å²) in [6.45, 7) is 3.74. The van der Waals surface area contributed by atoms with E-state index in [1.165, 1.54) is 47.6 Å². The highest BCUT2D eigenvalue weighted by molar-refractivity contribution is 6.00. The molecule has 3 aliphatic rings. The van der Waals surface area contributed by atoms with Crippen molar-refractivity contribution < 1.29 is 6.16 Å². The summed E-state index contributed by atoms with van der Waals surface area (Å²) in [6.07, 6.45) is 4.88. The van der Waals surface area contributed by atoms with Crippen molar-refractivity contribution >= 4 is 27.5 Å². The van der Waals surface area contributed by atoms with Gasteiger partial charge in [0.15, 0.2) is 0 Å². The van der Waals surface area contributed by atoms with Crippen LogP contribution in [0.15, 0.2) is 60.7 Å². The lowest BCUT2D eigenvalue weighted by molar-refractivity contribution is 0.188. The topological polar surface area (TPSA) is 53.5 Å². The van der Waals surface area contributed by atoms with Crippen LogP contribution in [0, 0.1) is 0 Å². The van der Waals surface area contributed by atoms with Crippen LogP contribution in [0.4, 0.5) is 5.82 Å². The standard InChI is InChI=1S/C30H33N5O.H2/c1-34-15-5-8-24(34)19-36-30-32-28-16-21(26-10-4-7-20-6-2-3-9-25(20)26)11-14-27(28)29(33-30)35-17-22-12-13-23(18-35)31-22;/h2-4,6-7,9-11,14,16,22-24,31H,5,8,12-13,15,17-19H2,1H3;1H/t22?,23?,24-;/m0./s1. The minimum atomic E-state index is 0. The summed E-state index contributed by atoms with van der Waals surface area (Å²) < 4.78 is 6.28. The fourth-order valence-corrected chi connectivity index (χ4v) is 6.37. The highest BCUT2D eigenvalue weighted by Crippen LogP contribution is 2.35. The summed E-state index contributed by atoms with van der Waals surface area (Å²) in [4.78, 5) is 14.8. The molecule has 3 fully saturated rings. The van der Waals surface area contributed by atoms with Crippen molar-refractivity contribution in [2.75, 3.05) is 38.2 Å². The van der Waals surface area contributed by atoms with Gasteiger partial charge in [0.2, 0.25) is 0 Å². The highest BCUT2D eigenvalue weighted by Gasteiger charge is 2.33. The van der Waals surface area contributed by atoms with Gasteiger partial charge in [0.05, 0.1) is 5.52 Å². The molecule has 1 aromatic heterocycles. The maximum absolute atomic E-state index is 6.28. The first kappa shape index (κ1) is 22.0. The number of likely N-dealkylation sites (tertiary alicyclic amines) is 1. The predicted molar refractivity (Wildman–Crippen MR) is 148 cm³/mol. The molecule has 3 atom stereocenters. The maximum atomic E-state index is 6.28. The quantitative estimate of drug-likeness (QED) is 0.428. The van der Waals surface area contributed by atoms with E-state index in [1.54, 1.807) is 0 Å². The lowest BCUT2D eigenvalue weighted by Gasteiger charge is -2.34. The van der Waals surface area contributed by atoms with E-state index in [1.807, 2.05) is 0 Å². The summed E-state index contributed by atoms with van der Waals surface area (Å²) in [5.74, 6) is 1.01. The minimum absolute atomic E-state index is 0. The van der Waals surface area contributed by atoms with Crippen LogP contribution in [0.3, 0.4) is 0 Å².